The Kier molecular flexibility index (Phi) is 2.68. The van der Waals surface area contributed by atoms with Crippen molar-refractivity contribution in [2.45, 2.75) is 20.3 Å². The third kappa shape index (κ3) is 1.75. The highest BCUT2D eigenvalue weighted by Gasteiger charge is 2.36. The highest BCUT2D eigenvalue weighted by Crippen LogP contribution is 2.46. The monoisotopic (exact) mass is 272 g/mol. The Bertz CT molecular complexity index is 838. The minimum Gasteiger partial charge on any atom is -0.0804 e. The maximum Gasteiger partial charge on any atom is 0.0255 e. The summed E-state index contributed by atoms with van der Waals surface area (Å²) >= 11 is 0. The molecule has 1 atom stereocenters. The molecule has 0 radical (unpaired) electrons. The summed E-state index contributed by atoms with van der Waals surface area (Å²) < 4.78 is 0. The van der Waals surface area contributed by atoms with Crippen LogP contribution in [0.5, 0.6) is 0 Å². The second kappa shape index (κ2) is 4.46. The first kappa shape index (κ1) is 12.6. The molecular weight excluding hydrogens is 252 g/mol. The summed E-state index contributed by atoms with van der Waals surface area (Å²) in [6, 6.07) is 8.89. The zero-order valence-corrected chi connectivity index (χ0v) is 12.6. The van der Waals surface area contributed by atoms with E-state index in [9.17, 15) is 0 Å². The molecule has 0 fully saturated rings. The molecule has 1 aromatic carbocycles. The number of fused-ring (bicyclic) bond motifs is 2. The number of hydrogen-bond acceptors (Lipinski definition) is 0. The van der Waals surface area contributed by atoms with Gasteiger partial charge in [0.25, 0.3) is 0 Å². The van der Waals surface area contributed by atoms with Crippen molar-refractivity contribution < 1.29 is 0 Å². The van der Waals surface area contributed by atoms with Crippen LogP contribution in [0.4, 0.5) is 0 Å². The molecule has 0 spiro atoms. The Hall–Kier alpha value is -2.08. The molecule has 0 N–H and O–H groups in total. The third-order valence-corrected chi connectivity index (χ3v) is 5.11. The fraction of sp³-hybridized carbons (Fsp3) is 0.238. The van der Waals surface area contributed by atoms with Crippen LogP contribution in [0.3, 0.4) is 0 Å². The molecule has 0 aromatic heterocycles. The summed E-state index contributed by atoms with van der Waals surface area (Å²) in [5, 5.41) is 2.85. The lowest BCUT2D eigenvalue weighted by Gasteiger charge is -2.33. The zero-order valence-electron chi connectivity index (χ0n) is 12.6. The Labute approximate surface area is 126 Å². The number of rotatable bonds is 2. The van der Waals surface area contributed by atoms with Gasteiger partial charge in [0, 0.05) is 11.3 Å². The molecule has 0 bridgehead atoms. The van der Waals surface area contributed by atoms with Gasteiger partial charge in [-0.25, -0.2) is 0 Å². The fourth-order valence-electron chi connectivity index (χ4n) is 4.00. The van der Waals surface area contributed by atoms with E-state index < -0.39 is 0 Å². The minimum absolute atomic E-state index is 0.0987. The lowest BCUT2D eigenvalue weighted by atomic mass is 9.70. The van der Waals surface area contributed by atoms with Gasteiger partial charge in [0.15, 0.2) is 0 Å². The molecule has 0 nitrogen and oxygen atoms in total. The Morgan fingerprint density at radius 1 is 1.00 bits per heavy atom. The maximum absolute atomic E-state index is 2.38. The van der Waals surface area contributed by atoms with Gasteiger partial charge in [-0.2, -0.15) is 0 Å². The summed E-state index contributed by atoms with van der Waals surface area (Å²) in [4.78, 5) is 0. The second-order valence-electron chi connectivity index (χ2n) is 6.59. The van der Waals surface area contributed by atoms with Gasteiger partial charge in [-0.3, -0.25) is 0 Å². The van der Waals surface area contributed by atoms with Gasteiger partial charge in [-0.1, -0.05) is 86.2 Å². The normalized spacial score (nSPS) is 22.6. The average Bonchev–Trinajstić information content (AvgIpc) is 3.14. The highest BCUT2D eigenvalue weighted by atomic mass is 14.4. The van der Waals surface area contributed by atoms with Crippen molar-refractivity contribution in [1.29, 1.82) is 0 Å². The Morgan fingerprint density at radius 3 is 2.57 bits per heavy atom. The van der Waals surface area contributed by atoms with Crippen LogP contribution in [-0.2, 0) is 0 Å². The molecule has 1 aromatic rings. The molecule has 0 heteroatoms. The molecule has 3 aliphatic carbocycles. The third-order valence-electron chi connectivity index (χ3n) is 5.11. The smallest absolute Gasteiger partial charge is 0.0255 e. The quantitative estimate of drug-likeness (QED) is 0.771. The van der Waals surface area contributed by atoms with Crippen LogP contribution in [0.25, 0.3) is 11.1 Å². The molecule has 1 unspecified atom stereocenters. The first-order valence-corrected chi connectivity index (χ1v) is 7.74. The van der Waals surface area contributed by atoms with Crippen LogP contribution in [0.15, 0.2) is 72.4 Å². The fourth-order valence-corrected chi connectivity index (χ4v) is 4.00. The Balaban J connectivity index is 2.01. The number of hydrogen-bond donors (Lipinski definition) is 0. The predicted molar refractivity (Wildman–Crippen MR) is 89.9 cm³/mol. The van der Waals surface area contributed by atoms with E-state index >= 15 is 0 Å². The van der Waals surface area contributed by atoms with Crippen LogP contribution >= 0.6 is 0 Å². The Morgan fingerprint density at radius 2 is 1.81 bits per heavy atom. The SMILES string of the molecule is CC(C)(C1=CC=CC1)C1=c2ccccc2=C2C=CC=CC21. The first-order chi connectivity index (χ1) is 10.2. The van der Waals surface area contributed by atoms with Crippen LogP contribution in [-0.4, -0.2) is 0 Å². The van der Waals surface area contributed by atoms with Crippen LogP contribution < -0.4 is 10.4 Å². The van der Waals surface area contributed by atoms with E-state index in [4.69, 9.17) is 0 Å². The summed E-state index contributed by atoms with van der Waals surface area (Å²) in [7, 11) is 0. The van der Waals surface area contributed by atoms with Gasteiger partial charge in [0.1, 0.15) is 0 Å². The standard InChI is InChI=1S/C21H20/c1-21(2,15-9-3-4-10-15)20-18-13-7-5-11-16(18)17-12-6-8-14-19(17)20/h3-9,11-14,18H,10H2,1-2H3. The van der Waals surface area contributed by atoms with Gasteiger partial charge in [-0.05, 0) is 28.0 Å². The van der Waals surface area contributed by atoms with E-state index in [1.807, 2.05) is 0 Å². The summed E-state index contributed by atoms with van der Waals surface area (Å²) in [6.45, 7) is 4.76. The highest BCUT2D eigenvalue weighted by molar-refractivity contribution is 5.83. The summed E-state index contributed by atoms with van der Waals surface area (Å²) in [5.74, 6) is 0.434. The van der Waals surface area contributed by atoms with Crippen molar-refractivity contribution in [1.82, 2.24) is 0 Å². The van der Waals surface area contributed by atoms with Crippen molar-refractivity contribution in [3.63, 3.8) is 0 Å². The lowest BCUT2D eigenvalue weighted by molar-refractivity contribution is 0.566. The van der Waals surface area contributed by atoms with Gasteiger partial charge < -0.3 is 0 Å². The lowest BCUT2D eigenvalue weighted by Crippen LogP contribution is -2.29. The van der Waals surface area contributed by atoms with Crippen LogP contribution in [0, 0.1) is 11.3 Å². The summed E-state index contributed by atoms with van der Waals surface area (Å²) in [5.41, 5.74) is 4.64. The van der Waals surface area contributed by atoms with Crippen molar-refractivity contribution in [3.8, 4) is 0 Å². The van der Waals surface area contributed by atoms with Crippen molar-refractivity contribution in [2.24, 2.45) is 11.3 Å². The topological polar surface area (TPSA) is 0 Å². The van der Waals surface area contributed by atoms with E-state index in [0.717, 1.165) is 6.42 Å². The molecule has 0 saturated heterocycles. The van der Waals surface area contributed by atoms with E-state index in [0.29, 0.717) is 5.92 Å². The molecule has 4 rings (SSSR count). The van der Waals surface area contributed by atoms with Gasteiger partial charge >= 0.3 is 0 Å². The van der Waals surface area contributed by atoms with Crippen molar-refractivity contribution in [2.75, 3.05) is 0 Å². The van der Waals surface area contributed by atoms with Gasteiger partial charge in [0.2, 0.25) is 0 Å². The van der Waals surface area contributed by atoms with Gasteiger partial charge in [0.05, 0.1) is 0 Å². The molecule has 0 saturated carbocycles. The minimum atomic E-state index is 0.0987. The molecule has 0 aliphatic heterocycles. The van der Waals surface area contributed by atoms with E-state index in [1.54, 1.807) is 5.57 Å². The molecule has 3 aliphatic rings. The van der Waals surface area contributed by atoms with Crippen molar-refractivity contribution >= 4 is 11.1 Å². The number of allylic oxidation sites excluding steroid dienone is 8. The van der Waals surface area contributed by atoms with Crippen LogP contribution in [0.1, 0.15) is 20.3 Å². The predicted octanol–water partition coefficient (Wildman–Crippen LogP) is 3.66. The molecule has 104 valence electrons. The molecular formula is C21H20. The summed E-state index contributed by atoms with van der Waals surface area (Å²) in [6.07, 6.45) is 16.8. The van der Waals surface area contributed by atoms with Crippen LogP contribution in [0.2, 0.25) is 0 Å². The first-order valence-electron chi connectivity index (χ1n) is 7.74. The maximum atomic E-state index is 2.38. The van der Waals surface area contributed by atoms with E-state index in [1.165, 1.54) is 21.6 Å². The van der Waals surface area contributed by atoms with Crippen molar-refractivity contribution in [3.05, 3.63) is 82.8 Å². The average molecular weight is 272 g/mol. The zero-order chi connectivity index (χ0) is 14.4. The largest absolute Gasteiger partial charge is 0.0804 e. The van der Waals surface area contributed by atoms with E-state index in [-0.39, 0.29) is 5.41 Å². The second-order valence-corrected chi connectivity index (χ2v) is 6.59. The molecule has 21 heavy (non-hydrogen) atoms. The molecule has 0 heterocycles. The van der Waals surface area contributed by atoms with Gasteiger partial charge in [-0.15, -0.1) is 0 Å². The molecule has 0 amide bonds. The van der Waals surface area contributed by atoms with E-state index in [2.05, 4.69) is 80.6 Å². The number of benzene rings is 1.